The second-order valence-corrected chi connectivity index (χ2v) is 8.84. The molecule has 1 aromatic carbocycles. The van der Waals surface area contributed by atoms with E-state index < -0.39 is 5.60 Å². The van der Waals surface area contributed by atoms with E-state index in [4.69, 9.17) is 0 Å². The van der Waals surface area contributed by atoms with Gasteiger partial charge >= 0.3 is 0 Å². The van der Waals surface area contributed by atoms with Crippen LogP contribution in [0.1, 0.15) is 67.2 Å². The van der Waals surface area contributed by atoms with Crippen molar-refractivity contribution in [3.63, 3.8) is 0 Å². The monoisotopic (exact) mass is 391 g/mol. The Morgan fingerprint density at radius 1 is 1.24 bits per heavy atom. The van der Waals surface area contributed by atoms with Crippen molar-refractivity contribution in [3.8, 4) is 11.8 Å². The summed E-state index contributed by atoms with van der Waals surface area (Å²) in [5, 5.41) is 9.78. The Hall–Kier alpha value is -2.58. The Morgan fingerprint density at radius 3 is 2.69 bits per heavy atom. The number of hydrogen-bond donors (Lipinski definition) is 1. The molecule has 2 fully saturated rings. The normalized spacial score (nSPS) is 17.7. The predicted molar refractivity (Wildman–Crippen MR) is 112 cm³/mol. The maximum Gasteiger partial charge on any atom is 0.253 e. The van der Waals surface area contributed by atoms with Gasteiger partial charge in [0.25, 0.3) is 5.91 Å². The number of piperidine rings is 1. The summed E-state index contributed by atoms with van der Waals surface area (Å²) in [5.41, 5.74) is 0.351. The smallest absolute Gasteiger partial charge is 0.253 e. The number of amides is 1. The summed E-state index contributed by atoms with van der Waals surface area (Å²) in [4.78, 5) is 19.5. The van der Waals surface area contributed by atoms with E-state index in [1.165, 1.54) is 18.7 Å². The minimum atomic E-state index is -1.05. The first-order valence-electron chi connectivity index (χ1n) is 10.5. The van der Waals surface area contributed by atoms with Crippen LogP contribution in [0.2, 0.25) is 0 Å². The first-order valence-corrected chi connectivity index (χ1v) is 10.5. The summed E-state index contributed by atoms with van der Waals surface area (Å²) in [5.74, 6) is 8.25. The SMILES string of the molecule is CC(C)(O)C#Cc1cccc(C(=O)N2CCC(c3nccn3CC3CC3)CC2)c1. The molecule has 152 valence electrons. The van der Waals surface area contributed by atoms with Gasteiger partial charge < -0.3 is 14.6 Å². The molecule has 0 radical (unpaired) electrons. The first kappa shape index (κ1) is 19.7. The lowest BCUT2D eigenvalue weighted by atomic mass is 9.95. The van der Waals surface area contributed by atoms with Gasteiger partial charge in [-0.3, -0.25) is 4.79 Å². The third-order valence-corrected chi connectivity index (χ3v) is 5.67. The lowest BCUT2D eigenvalue weighted by Crippen LogP contribution is -2.38. The van der Waals surface area contributed by atoms with E-state index in [0.717, 1.165) is 44.0 Å². The molecule has 1 aromatic heterocycles. The van der Waals surface area contributed by atoms with Crippen LogP contribution in [0.15, 0.2) is 36.7 Å². The highest BCUT2D eigenvalue weighted by Gasteiger charge is 2.29. The average Bonchev–Trinajstić information content (AvgIpc) is 3.41. The van der Waals surface area contributed by atoms with Crippen molar-refractivity contribution < 1.29 is 9.90 Å². The lowest BCUT2D eigenvalue weighted by molar-refractivity contribution is 0.0710. The molecule has 5 nitrogen and oxygen atoms in total. The van der Waals surface area contributed by atoms with Crippen LogP contribution in [0.4, 0.5) is 0 Å². The molecule has 0 bridgehead atoms. The number of imidazole rings is 1. The molecule has 1 amide bonds. The minimum absolute atomic E-state index is 0.0525. The quantitative estimate of drug-likeness (QED) is 0.813. The summed E-state index contributed by atoms with van der Waals surface area (Å²) in [7, 11) is 0. The molecule has 0 unspecified atom stereocenters. The van der Waals surface area contributed by atoms with E-state index in [0.29, 0.717) is 11.5 Å². The number of aliphatic hydroxyl groups is 1. The number of carbonyl (C=O) groups excluding carboxylic acids is 1. The van der Waals surface area contributed by atoms with Gasteiger partial charge in [0, 0.05) is 49.1 Å². The Bertz CT molecular complexity index is 933. The zero-order chi connectivity index (χ0) is 20.4. The van der Waals surface area contributed by atoms with Crippen LogP contribution in [0.3, 0.4) is 0 Å². The van der Waals surface area contributed by atoms with E-state index in [2.05, 4.69) is 27.6 Å². The average molecular weight is 392 g/mol. The zero-order valence-corrected chi connectivity index (χ0v) is 17.3. The lowest BCUT2D eigenvalue weighted by Gasteiger charge is -2.32. The van der Waals surface area contributed by atoms with Crippen molar-refractivity contribution in [2.45, 2.75) is 57.6 Å². The molecule has 0 atom stereocenters. The largest absolute Gasteiger partial charge is 0.378 e. The maximum absolute atomic E-state index is 13.0. The van der Waals surface area contributed by atoms with Crippen LogP contribution in [-0.2, 0) is 6.54 Å². The van der Waals surface area contributed by atoms with Crippen molar-refractivity contribution in [1.29, 1.82) is 0 Å². The van der Waals surface area contributed by atoms with Gasteiger partial charge in [-0.05, 0) is 63.6 Å². The van der Waals surface area contributed by atoms with Crippen molar-refractivity contribution in [3.05, 3.63) is 53.6 Å². The summed E-state index contributed by atoms with van der Waals surface area (Å²) >= 11 is 0. The second kappa shape index (κ2) is 8.04. The molecule has 1 N–H and O–H groups in total. The molecule has 1 aliphatic carbocycles. The molecule has 4 rings (SSSR count). The van der Waals surface area contributed by atoms with E-state index in [1.807, 2.05) is 35.4 Å². The van der Waals surface area contributed by atoms with Crippen LogP contribution in [0.5, 0.6) is 0 Å². The van der Waals surface area contributed by atoms with Gasteiger partial charge in [0.1, 0.15) is 11.4 Å². The Balaban J connectivity index is 1.39. The highest BCUT2D eigenvalue weighted by atomic mass is 16.3. The molecule has 0 spiro atoms. The number of rotatable bonds is 4. The van der Waals surface area contributed by atoms with E-state index >= 15 is 0 Å². The topological polar surface area (TPSA) is 58.4 Å². The highest BCUT2D eigenvalue weighted by Crippen LogP contribution is 2.33. The van der Waals surface area contributed by atoms with Crippen molar-refractivity contribution in [1.82, 2.24) is 14.5 Å². The molecule has 2 aromatic rings. The standard InChI is InChI=1S/C24H29N3O2/c1-24(2,29)11-8-18-4-3-5-21(16-18)23(28)26-13-9-20(10-14-26)22-25-12-15-27(22)17-19-6-7-19/h3-5,12,15-16,19-20,29H,6-7,9-10,13-14,17H2,1-2H3. The van der Waals surface area contributed by atoms with E-state index in [1.54, 1.807) is 13.8 Å². The Labute approximate surface area is 172 Å². The van der Waals surface area contributed by atoms with Crippen molar-refractivity contribution in [2.24, 2.45) is 5.92 Å². The van der Waals surface area contributed by atoms with Gasteiger partial charge in [0.05, 0.1) is 0 Å². The number of nitrogens with zero attached hydrogens (tertiary/aromatic N) is 3. The fourth-order valence-electron chi connectivity index (χ4n) is 3.89. The second-order valence-electron chi connectivity index (χ2n) is 8.84. The van der Waals surface area contributed by atoms with Crippen LogP contribution >= 0.6 is 0 Å². The van der Waals surface area contributed by atoms with Gasteiger partial charge in [-0.25, -0.2) is 4.98 Å². The summed E-state index contributed by atoms with van der Waals surface area (Å²) in [6.45, 7) is 5.88. The third-order valence-electron chi connectivity index (χ3n) is 5.67. The predicted octanol–water partition coefficient (Wildman–Crippen LogP) is 3.44. The summed E-state index contributed by atoms with van der Waals surface area (Å²) in [6.07, 6.45) is 8.59. The molecule has 1 saturated heterocycles. The molecular formula is C24H29N3O2. The molecular weight excluding hydrogens is 362 g/mol. The molecule has 1 aliphatic heterocycles. The first-order chi connectivity index (χ1) is 13.9. The number of carbonyl (C=O) groups is 1. The molecule has 29 heavy (non-hydrogen) atoms. The molecule has 5 heteroatoms. The Morgan fingerprint density at radius 2 is 2.00 bits per heavy atom. The fourth-order valence-corrected chi connectivity index (χ4v) is 3.89. The van der Waals surface area contributed by atoms with Crippen LogP contribution in [0, 0.1) is 17.8 Å². The highest BCUT2D eigenvalue weighted by molar-refractivity contribution is 5.94. The van der Waals surface area contributed by atoms with Crippen LogP contribution < -0.4 is 0 Å². The minimum Gasteiger partial charge on any atom is -0.378 e. The molecule has 1 saturated carbocycles. The molecule has 2 aliphatic rings. The van der Waals surface area contributed by atoms with Crippen LogP contribution in [0.25, 0.3) is 0 Å². The third kappa shape index (κ3) is 5.07. The van der Waals surface area contributed by atoms with E-state index in [9.17, 15) is 9.90 Å². The summed E-state index contributed by atoms with van der Waals surface area (Å²) < 4.78 is 2.32. The number of aromatic nitrogens is 2. The number of benzene rings is 1. The zero-order valence-electron chi connectivity index (χ0n) is 17.3. The van der Waals surface area contributed by atoms with Crippen LogP contribution in [-0.4, -0.2) is 44.2 Å². The Kier molecular flexibility index (Phi) is 5.47. The fraction of sp³-hybridized carbons (Fsp3) is 0.500. The van der Waals surface area contributed by atoms with E-state index in [-0.39, 0.29) is 5.91 Å². The van der Waals surface area contributed by atoms with Crippen molar-refractivity contribution in [2.75, 3.05) is 13.1 Å². The number of likely N-dealkylation sites (tertiary alicyclic amines) is 1. The van der Waals surface area contributed by atoms with Crippen molar-refractivity contribution >= 4 is 5.91 Å². The van der Waals surface area contributed by atoms with Gasteiger partial charge in [0.2, 0.25) is 0 Å². The van der Waals surface area contributed by atoms with Gasteiger partial charge in [-0.2, -0.15) is 0 Å². The van der Waals surface area contributed by atoms with Gasteiger partial charge in [-0.15, -0.1) is 0 Å². The molecule has 2 heterocycles. The van der Waals surface area contributed by atoms with Gasteiger partial charge in [-0.1, -0.05) is 17.9 Å². The summed E-state index contributed by atoms with van der Waals surface area (Å²) in [6, 6.07) is 7.37. The van der Waals surface area contributed by atoms with Gasteiger partial charge in [0.15, 0.2) is 0 Å². The maximum atomic E-state index is 13.0. The number of hydrogen-bond acceptors (Lipinski definition) is 3.